The van der Waals surface area contributed by atoms with Gasteiger partial charge < -0.3 is 10.6 Å². The Kier molecular flexibility index (Phi) is 4.82. The van der Waals surface area contributed by atoms with E-state index >= 15 is 0 Å². The van der Waals surface area contributed by atoms with Gasteiger partial charge in [0.25, 0.3) is 5.56 Å². The number of aromatic nitrogens is 2. The molecule has 2 N–H and O–H groups in total. The maximum absolute atomic E-state index is 12.3. The van der Waals surface area contributed by atoms with Gasteiger partial charge in [-0.3, -0.25) is 4.79 Å². The molecule has 1 unspecified atom stereocenters. The first-order chi connectivity index (χ1) is 9.11. The number of halogens is 1. The minimum Gasteiger partial charge on any atom is -0.379 e. The van der Waals surface area contributed by atoms with Crippen molar-refractivity contribution < 1.29 is 0 Å². The highest BCUT2D eigenvalue weighted by Crippen LogP contribution is 2.30. The molecule has 6 heteroatoms. The largest absolute Gasteiger partial charge is 0.379 e. The lowest BCUT2D eigenvalue weighted by Crippen LogP contribution is -2.29. The molecule has 0 bridgehead atoms. The molecule has 1 aromatic rings. The van der Waals surface area contributed by atoms with Gasteiger partial charge in [0, 0.05) is 13.1 Å². The Balaban J connectivity index is 2.07. The highest BCUT2D eigenvalue weighted by molar-refractivity contribution is 6.32. The number of nitrogens with one attached hydrogen (secondary N) is 2. The molecule has 19 heavy (non-hydrogen) atoms. The Labute approximate surface area is 118 Å². The third kappa shape index (κ3) is 3.94. The zero-order valence-electron chi connectivity index (χ0n) is 11.4. The van der Waals surface area contributed by atoms with E-state index in [9.17, 15) is 4.79 Å². The van der Waals surface area contributed by atoms with Crippen LogP contribution in [0.15, 0.2) is 11.0 Å². The Hall–Kier alpha value is -1.07. The molecule has 0 amide bonds. The summed E-state index contributed by atoms with van der Waals surface area (Å²) >= 11 is 6.06. The number of hydrogen-bond donors (Lipinski definition) is 2. The van der Waals surface area contributed by atoms with Crippen LogP contribution in [0.5, 0.6) is 0 Å². The van der Waals surface area contributed by atoms with E-state index in [1.165, 1.54) is 17.5 Å². The fourth-order valence-corrected chi connectivity index (χ4v) is 2.19. The second-order valence-electron chi connectivity index (χ2n) is 5.34. The lowest BCUT2D eigenvalue weighted by Gasteiger charge is -2.14. The molecule has 5 nitrogen and oxygen atoms in total. The molecule has 1 aliphatic rings. The summed E-state index contributed by atoms with van der Waals surface area (Å²) < 4.78 is 1.52. The predicted molar refractivity (Wildman–Crippen MR) is 77.8 cm³/mol. The Morgan fingerprint density at radius 1 is 1.53 bits per heavy atom. The smallest absolute Gasteiger partial charge is 0.291 e. The standard InChI is InChI=1S/C13H21ClN4O/c1-9(5-15-2)6-16-12-11(14)7-17-18(13(12)19)8-10-3-4-10/h7,9-10,15-16H,3-6,8H2,1-2H3. The molecule has 1 saturated carbocycles. The van der Waals surface area contributed by atoms with E-state index in [0.717, 1.165) is 6.54 Å². The van der Waals surface area contributed by atoms with Gasteiger partial charge in [0.05, 0.1) is 11.2 Å². The third-order valence-electron chi connectivity index (χ3n) is 3.31. The lowest BCUT2D eigenvalue weighted by molar-refractivity contribution is 0.532. The molecule has 0 aliphatic heterocycles. The second-order valence-corrected chi connectivity index (χ2v) is 5.75. The van der Waals surface area contributed by atoms with Crippen molar-refractivity contribution in [2.24, 2.45) is 11.8 Å². The van der Waals surface area contributed by atoms with Crippen LogP contribution in [-0.2, 0) is 6.54 Å². The summed E-state index contributed by atoms with van der Waals surface area (Å²) in [5.41, 5.74) is 0.358. The van der Waals surface area contributed by atoms with E-state index in [2.05, 4.69) is 22.7 Å². The number of nitrogens with zero attached hydrogens (tertiary/aromatic N) is 2. The summed E-state index contributed by atoms with van der Waals surface area (Å²) in [6.07, 6.45) is 3.94. The van der Waals surface area contributed by atoms with E-state index < -0.39 is 0 Å². The maximum Gasteiger partial charge on any atom is 0.291 e. The maximum atomic E-state index is 12.3. The first kappa shape index (κ1) is 14.3. The van der Waals surface area contributed by atoms with Crippen molar-refractivity contribution in [1.29, 1.82) is 0 Å². The Bertz CT molecular complexity index is 484. The van der Waals surface area contributed by atoms with Gasteiger partial charge in [0.1, 0.15) is 5.69 Å². The van der Waals surface area contributed by atoms with Crippen LogP contribution < -0.4 is 16.2 Å². The predicted octanol–water partition coefficient (Wildman–Crippen LogP) is 1.57. The van der Waals surface area contributed by atoms with Crippen LogP contribution in [0.1, 0.15) is 19.8 Å². The molecule has 1 heterocycles. The molecular formula is C13H21ClN4O. The first-order valence-corrected chi connectivity index (χ1v) is 7.13. The van der Waals surface area contributed by atoms with Crippen molar-refractivity contribution in [2.45, 2.75) is 26.3 Å². The molecular weight excluding hydrogens is 264 g/mol. The van der Waals surface area contributed by atoms with Crippen LogP contribution in [-0.4, -0.2) is 29.9 Å². The lowest BCUT2D eigenvalue weighted by atomic mass is 10.2. The molecule has 0 spiro atoms. The number of anilines is 1. The van der Waals surface area contributed by atoms with Crippen molar-refractivity contribution in [1.82, 2.24) is 15.1 Å². The molecule has 0 radical (unpaired) electrons. The zero-order valence-corrected chi connectivity index (χ0v) is 12.2. The molecule has 0 saturated heterocycles. The number of hydrogen-bond acceptors (Lipinski definition) is 4. The third-order valence-corrected chi connectivity index (χ3v) is 3.59. The van der Waals surface area contributed by atoms with Gasteiger partial charge in [-0.1, -0.05) is 18.5 Å². The first-order valence-electron chi connectivity index (χ1n) is 6.76. The minimum atomic E-state index is -0.115. The highest BCUT2D eigenvalue weighted by Gasteiger charge is 2.23. The van der Waals surface area contributed by atoms with Crippen LogP contribution in [0.4, 0.5) is 5.69 Å². The topological polar surface area (TPSA) is 59.0 Å². The van der Waals surface area contributed by atoms with Gasteiger partial charge in [-0.2, -0.15) is 5.10 Å². The fourth-order valence-electron chi connectivity index (χ4n) is 2.00. The summed E-state index contributed by atoms with van der Waals surface area (Å²) in [7, 11) is 1.92. The Morgan fingerprint density at radius 2 is 2.26 bits per heavy atom. The SMILES string of the molecule is CNCC(C)CNc1c(Cl)cnn(CC2CC2)c1=O. The molecule has 1 fully saturated rings. The summed E-state index contributed by atoms with van der Waals surface area (Å²) in [5, 5.41) is 10.8. The van der Waals surface area contributed by atoms with Gasteiger partial charge in [0.15, 0.2) is 0 Å². The highest BCUT2D eigenvalue weighted by atomic mass is 35.5. The molecule has 1 aliphatic carbocycles. The summed E-state index contributed by atoms with van der Waals surface area (Å²) in [6.45, 7) is 4.42. The second kappa shape index (κ2) is 6.39. The molecule has 1 atom stereocenters. The van der Waals surface area contributed by atoms with Crippen molar-refractivity contribution in [3.63, 3.8) is 0 Å². The van der Waals surface area contributed by atoms with E-state index in [4.69, 9.17) is 11.6 Å². The van der Waals surface area contributed by atoms with E-state index in [0.29, 0.717) is 35.6 Å². The van der Waals surface area contributed by atoms with Gasteiger partial charge in [-0.25, -0.2) is 4.68 Å². The Morgan fingerprint density at radius 3 is 2.89 bits per heavy atom. The fraction of sp³-hybridized carbons (Fsp3) is 0.692. The molecule has 2 rings (SSSR count). The minimum absolute atomic E-state index is 0.115. The van der Waals surface area contributed by atoms with Crippen LogP contribution in [0, 0.1) is 11.8 Å². The summed E-state index contributed by atoms with van der Waals surface area (Å²) in [4.78, 5) is 12.3. The van der Waals surface area contributed by atoms with Crippen molar-refractivity contribution in [2.75, 3.05) is 25.5 Å². The van der Waals surface area contributed by atoms with Crippen LogP contribution >= 0.6 is 11.6 Å². The van der Waals surface area contributed by atoms with E-state index in [1.54, 1.807) is 6.20 Å². The zero-order chi connectivity index (χ0) is 13.8. The monoisotopic (exact) mass is 284 g/mol. The average molecular weight is 285 g/mol. The molecule has 106 valence electrons. The van der Waals surface area contributed by atoms with E-state index in [-0.39, 0.29) is 5.56 Å². The number of rotatable bonds is 7. The summed E-state index contributed by atoms with van der Waals surface area (Å²) in [5.74, 6) is 1.04. The van der Waals surface area contributed by atoms with Crippen LogP contribution in [0.2, 0.25) is 5.02 Å². The normalized spacial score (nSPS) is 16.4. The van der Waals surface area contributed by atoms with Gasteiger partial charge >= 0.3 is 0 Å². The van der Waals surface area contributed by atoms with Crippen LogP contribution in [0.25, 0.3) is 0 Å². The molecule has 1 aromatic heterocycles. The molecule has 0 aromatic carbocycles. The summed E-state index contributed by atoms with van der Waals surface area (Å²) in [6, 6.07) is 0. The van der Waals surface area contributed by atoms with Crippen molar-refractivity contribution >= 4 is 17.3 Å². The van der Waals surface area contributed by atoms with E-state index in [1.807, 2.05) is 7.05 Å². The van der Waals surface area contributed by atoms with Crippen molar-refractivity contribution in [3.8, 4) is 0 Å². The average Bonchev–Trinajstić information content (AvgIpc) is 3.17. The van der Waals surface area contributed by atoms with Gasteiger partial charge in [0.2, 0.25) is 0 Å². The van der Waals surface area contributed by atoms with Gasteiger partial charge in [-0.05, 0) is 38.3 Å². The van der Waals surface area contributed by atoms with Crippen molar-refractivity contribution in [3.05, 3.63) is 21.6 Å². The quantitative estimate of drug-likeness (QED) is 0.798. The van der Waals surface area contributed by atoms with Gasteiger partial charge in [-0.15, -0.1) is 0 Å². The van der Waals surface area contributed by atoms with Crippen LogP contribution in [0.3, 0.4) is 0 Å².